The highest BCUT2D eigenvalue weighted by Gasteiger charge is 2.50. The first-order valence-corrected chi connectivity index (χ1v) is 10.1. The zero-order valence-electron chi connectivity index (χ0n) is 16.6. The zero-order chi connectivity index (χ0) is 20.9. The number of guanidine groups is 1. The monoisotopic (exact) mass is 415 g/mol. The SMILES string of the molecule is CN1O[C@@]2(CC([C@@H]3CCCOC3)Oc3ccc(-c4cc(F)cc(F)c4)cc32)N=C1N. The Morgan fingerprint density at radius 2 is 1.93 bits per heavy atom. The van der Waals surface area contributed by atoms with Gasteiger partial charge in [-0.25, -0.2) is 23.7 Å². The van der Waals surface area contributed by atoms with Gasteiger partial charge in [0.2, 0.25) is 11.7 Å². The smallest absolute Gasteiger partial charge is 0.221 e. The second-order valence-corrected chi connectivity index (χ2v) is 8.05. The van der Waals surface area contributed by atoms with Gasteiger partial charge in [0.05, 0.1) is 12.2 Å². The third-order valence-corrected chi connectivity index (χ3v) is 5.98. The van der Waals surface area contributed by atoms with Gasteiger partial charge in [-0.2, -0.15) is 0 Å². The summed E-state index contributed by atoms with van der Waals surface area (Å²) in [6, 6.07) is 8.84. The molecule has 0 aliphatic carbocycles. The Bertz CT molecular complexity index is 989. The van der Waals surface area contributed by atoms with E-state index in [1.807, 2.05) is 6.07 Å². The first-order chi connectivity index (χ1) is 14.4. The Hall–Kier alpha value is -2.71. The summed E-state index contributed by atoms with van der Waals surface area (Å²) >= 11 is 0. The number of hydrogen-bond acceptors (Lipinski definition) is 6. The molecule has 3 heterocycles. The van der Waals surface area contributed by atoms with E-state index < -0.39 is 17.4 Å². The molecule has 2 N–H and O–H groups in total. The van der Waals surface area contributed by atoms with E-state index in [1.54, 1.807) is 19.2 Å². The number of hydrogen-bond donors (Lipinski definition) is 1. The predicted molar refractivity (Wildman–Crippen MR) is 107 cm³/mol. The highest BCUT2D eigenvalue weighted by Crippen LogP contribution is 2.48. The molecule has 1 saturated heterocycles. The van der Waals surface area contributed by atoms with E-state index in [9.17, 15) is 8.78 Å². The first-order valence-electron chi connectivity index (χ1n) is 10.1. The van der Waals surface area contributed by atoms with E-state index in [0.29, 0.717) is 35.5 Å². The van der Waals surface area contributed by atoms with E-state index in [4.69, 9.17) is 20.0 Å². The van der Waals surface area contributed by atoms with Crippen LogP contribution >= 0.6 is 0 Å². The normalized spacial score (nSPS) is 28.2. The second kappa shape index (κ2) is 7.21. The number of aliphatic imine (C=N–C) groups is 1. The summed E-state index contributed by atoms with van der Waals surface area (Å²) in [7, 11) is 1.70. The average molecular weight is 415 g/mol. The lowest BCUT2D eigenvalue weighted by Gasteiger charge is -2.41. The van der Waals surface area contributed by atoms with Gasteiger partial charge in [-0.1, -0.05) is 6.07 Å². The summed E-state index contributed by atoms with van der Waals surface area (Å²) in [6.45, 7) is 1.40. The number of rotatable bonds is 2. The molecular weight excluding hydrogens is 392 g/mol. The quantitative estimate of drug-likeness (QED) is 0.812. The Morgan fingerprint density at radius 3 is 2.60 bits per heavy atom. The van der Waals surface area contributed by atoms with Crippen LogP contribution < -0.4 is 10.5 Å². The van der Waals surface area contributed by atoms with Crippen LogP contribution in [0.15, 0.2) is 41.4 Å². The molecule has 30 heavy (non-hydrogen) atoms. The van der Waals surface area contributed by atoms with Crippen molar-refractivity contribution in [1.29, 1.82) is 0 Å². The standard InChI is InChI=1S/C22H23F2N3O3/c1-27-21(25)26-22(30-27)11-20(14-3-2-6-28-12-14)29-19-5-4-13(9-18(19)22)15-7-16(23)10-17(24)8-15/h4-5,7-10,14,20H,2-3,6,11-12H2,1H3,(H2,25,26)/t14-,20?,22-/m1/s1. The third-order valence-electron chi connectivity index (χ3n) is 5.98. The Kier molecular flexibility index (Phi) is 4.63. The van der Waals surface area contributed by atoms with Gasteiger partial charge >= 0.3 is 0 Å². The van der Waals surface area contributed by atoms with Crippen molar-refractivity contribution in [2.75, 3.05) is 20.3 Å². The Balaban J connectivity index is 1.58. The van der Waals surface area contributed by atoms with E-state index in [2.05, 4.69) is 4.99 Å². The van der Waals surface area contributed by atoms with Crippen LogP contribution in [0.4, 0.5) is 8.78 Å². The predicted octanol–water partition coefficient (Wildman–Crippen LogP) is 3.55. The number of fused-ring (bicyclic) bond motifs is 2. The lowest BCUT2D eigenvalue weighted by molar-refractivity contribution is -0.196. The van der Waals surface area contributed by atoms with Crippen molar-refractivity contribution in [2.45, 2.75) is 31.1 Å². The van der Waals surface area contributed by atoms with Crippen LogP contribution in [0.2, 0.25) is 0 Å². The van der Waals surface area contributed by atoms with Crippen molar-refractivity contribution in [3.05, 3.63) is 53.6 Å². The summed E-state index contributed by atoms with van der Waals surface area (Å²) in [4.78, 5) is 10.8. The lowest BCUT2D eigenvalue weighted by atomic mass is 9.84. The van der Waals surface area contributed by atoms with Crippen molar-refractivity contribution < 1.29 is 23.1 Å². The molecule has 0 bridgehead atoms. The molecule has 0 radical (unpaired) electrons. The molecule has 0 aromatic heterocycles. The molecular formula is C22H23F2N3O3. The van der Waals surface area contributed by atoms with Crippen molar-refractivity contribution in [3.8, 4) is 16.9 Å². The van der Waals surface area contributed by atoms with Crippen LogP contribution in [0.3, 0.4) is 0 Å². The van der Waals surface area contributed by atoms with Crippen LogP contribution in [0.25, 0.3) is 11.1 Å². The zero-order valence-corrected chi connectivity index (χ0v) is 16.6. The second-order valence-electron chi connectivity index (χ2n) is 8.05. The fourth-order valence-electron chi connectivity index (χ4n) is 4.49. The van der Waals surface area contributed by atoms with E-state index >= 15 is 0 Å². The van der Waals surface area contributed by atoms with Crippen LogP contribution in [0, 0.1) is 17.6 Å². The third kappa shape index (κ3) is 3.30. The molecule has 8 heteroatoms. The van der Waals surface area contributed by atoms with Gasteiger partial charge in [-0.3, -0.25) is 0 Å². The highest BCUT2D eigenvalue weighted by molar-refractivity contribution is 5.79. The summed E-state index contributed by atoms with van der Waals surface area (Å²) in [5.41, 5.74) is 6.75. The Morgan fingerprint density at radius 1 is 1.13 bits per heavy atom. The van der Waals surface area contributed by atoms with Crippen LogP contribution in [0.5, 0.6) is 5.75 Å². The maximum Gasteiger partial charge on any atom is 0.221 e. The lowest BCUT2D eigenvalue weighted by Crippen LogP contribution is -2.44. The van der Waals surface area contributed by atoms with E-state index in [-0.39, 0.29) is 18.0 Å². The van der Waals surface area contributed by atoms with Gasteiger partial charge in [-0.15, -0.1) is 0 Å². The summed E-state index contributed by atoms with van der Waals surface area (Å²) in [5.74, 6) is -0.144. The number of halogens is 2. The molecule has 0 saturated carbocycles. The molecule has 1 unspecified atom stereocenters. The maximum atomic E-state index is 13.8. The average Bonchev–Trinajstić information content (AvgIpc) is 3.01. The topological polar surface area (TPSA) is 69.3 Å². The summed E-state index contributed by atoms with van der Waals surface area (Å²) < 4.78 is 39.5. The number of nitrogens with zero attached hydrogens (tertiary/aromatic N) is 2. The van der Waals surface area contributed by atoms with Crippen molar-refractivity contribution in [3.63, 3.8) is 0 Å². The van der Waals surface area contributed by atoms with Crippen molar-refractivity contribution in [2.24, 2.45) is 16.6 Å². The molecule has 6 nitrogen and oxygen atoms in total. The van der Waals surface area contributed by atoms with Crippen LogP contribution in [-0.4, -0.2) is 37.4 Å². The van der Waals surface area contributed by atoms with Crippen LogP contribution in [-0.2, 0) is 15.3 Å². The number of benzene rings is 2. The van der Waals surface area contributed by atoms with Gasteiger partial charge in [0.1, 0.15) is 23.5 Å². The van der Waals surface area contributed by atoms with Gasteiger partial charge in [0.15, 0.2) is 0 Å². The van der Waals surface area contributed by atoms with Gasteiger partial charge < -0.3 is 15.2 Å². The molecule has 1 fully saturated rings. The van der Waals surface area contributed by atoms with Crippen LogP contribution in [0.1, 0.15) is 24.8 Å². The van der Waals surface area contributed by atoms with Crippen molar-refractivity contribution >= 4 is 5.96 Å². The molecule has 158 valence electrons. The first kappa shape index (κ1) is 19.3. The summed E-state index contributed by atoms with van der Waals surface area (Å²) in [6.07, 6.45) is 2.32. The number of nitrogens with two attached hydrogens (primary N) is 1. The van der Waals surface area contributed by atoms with Gasteiger partial charge in [-0.05, 0) is 48.2 Å². The number of hydroxylamine groups is 2. The minimum atomic E-state index is -1.05. The molecule has 3 aliphatic heterocycles. The molecule has 3 aliphatic rings. The molecule has 1 spiro atoms. The molecule has 2 aromatic rings. The number of ether oxygens (including phenoxy) is 2. The van der Waals surface area contributed by atoms with Gasteiger partial charge in [0.25, 0.3) is 0 Å². The maximum absolute atomic E-state index is 13.8. The Labute approximate surface area is 173 Å². The highest BCUT2D eigenvalue weighted by atomic mass is 19.1. The van der Waals surface area contributed by atoms with Crippen molar-refractivity contribution in [1.82, 2.24) is 5.06 Å². The van der Waals surface area contributed by atoms with E-state index in [1.165, 1.54) is 17.2 Å². The summed E-state index contributed by atoms with van der Waals surface area (Å²) in [5, 5.41) is 1.44. The fraction of sp³-hybridized carbons (Fsp3) is 0.409. The minimum absolute atomic E-state index is 0.140. The van der Waals surface area contributed by atoms with E-state index in [0.717, 1.165) is 25.5 Å². The molecule has 5 rings (SSSR count). The minimum Gasteiger partial charge on any atom is -0.489 e. The molecule has 0 amide bonds. The molecule has 3 atom stereocenters. The fourth-order valence-corrected chi connectivity index (χ4v) is 4.49. The molecule has 2 aromatic carbocycles. The largest absolute Gasteiger partial charge is 0.489 e. The van der Waals surface area contributed by atoms with Gasteiger partial charge in [0, 0.05) is 32.1 Å².